The van der Waals surface area contributed by atoms with Crippen LogP contribution in [0.15, 0.2) is 0 Å². The fourth-order valence-electron chi connectivity index (χ4n) is 0. The second-order valence-corrected chi connectivity index (χ2v) is 1.43. The average Bonchev–Trinajstić information content (AvgIpc) is 1.27. The summed E-state index contributed by atoms with van der Waals surface area (Å²) >= 11 is -0.750. The summed E-state index contributed by atoms with van der Waals surface area (Å²) in [6, 6.07) is 0. The van der Waals surface area contributed by atoms with Crippen LogP contribution in [0.4, 0.5) is 0 Å². The van der Waals surface area contributed by atoms with E-state index in [0.717, 1.165) is 0 Å². The predicted octanol–water partition coefficient (Wildman–Crippen LogP) is -2.01. The van der Waals surface area contributed by atoms with Gasteiger partial charge in [0.25, 0.3) is 0 Å². The Balaban J connectivity index is -0.0000000800. The minimum absolute atomic E-state index is 0. The molecule has 0 aliphatic carbocycles. The molecule has 0 spiro atoms. The molecule has 0 radical (unpaired) electrons. The van der Waals surface area contributed by atoms with Crippen LogP contribution in [0, 0.1) is 0 Å². The van der Waals surface area contributed by atoms with Crippen LogP contribution in [0.2, 0.25) is 0 Å². The molecule has 0 aromatic heterocycles. The summed E-state index contributed by atoms with van der Waals surface area (Å²) in [5.74, 6) is 0. The molecule has 0 N–H and O–H groups in total. The maximum Gasteiger partial charge on any atom is 2.00 e. The first-order valence-electron chi connectivity index (χ1n) is 1.00. The molecular weight excluding hydrogens is 216 g/mol. The van der Waals surface area contributed by atoms with Gasteiger partial charge in [-0.15, -0.1) is 0 Å². The van der Waals surface area contributed by atoms with Crippen LogP contribution in [0.3, 0.4) is 0 Å². The molecule has 0 aliphatic rings. The van der Waals surface area contributed by atoms with Crippen molar-refractivity contribution in [1.82, 2.24) is 0 Å². The van der Waals surface area contributed by atoms with Crippen LogP contribution >= 0.6 is 0 Å². The monoisotopic (exact) mass is 216 g/mol. The summed E-state index contributed by atoms with van der Waals surface area (Å²) in [4.78, 5) is 0. The van der Waals surface area contributed by atoms with Gasteiger partial charge in [-0.05, 0) is 0 Å². The maximum absolute atomic E-state index is 8.52. The molecule has 0 saturated heterocycles. The number of hydrogen-bond acceptors (Lipinski definition) is 6. The molecule has 0 rings (SSSR count). The van der Waals surface area contributed by atoms with E-state index in [-0.39, 0.29) is 17.1 Å². The topological polar surface area (TPSA) is 114 Å². The van der Waals surface area contributed by atoms with Gasteiger partial charge in [0.2, 0.25) is 0 Å². The Morgan fingerprint density at radius 1 is 1.11 bits per heavy atom. The Labute approximate surface area is 65.3 Å². The van der Waals surface area contributed by atoms with Gasteiger partial charge in [-0.2, -0.15) is 8.42 Å². The third-order valence-corrected chi connectivity index (χ3v) is 0. The van der Waals surface area contributed by atoms with Gasteiger partial charge in [0.15, 0.2) is 0 Å². The van der Waals surface area contributed by atoms with Crippen molar-refractivity contribution in [3.05, 3.63) is 0 Å². The zero-order chi connectivity index (χ0) is 7.21. The van der Waals surface area contributed by atoms with Crippen LogP contribution in [-0.4, -0.2) is 25.9 Å². The van der Waals surface area contributed by atoms with Crippen molar-refractivity contribution in [1.29, 1.82) is 0 Å². The number of hydrogen-bond donors (Lipinski definition) is 0. The average molecular weight is 216 g/mol. The molecule has 0 unspecified atom stereocenters. The largest absolute Gasteiger partial charge is 2.00 e. The van der Waals surface area contributed by atoms with Gasteiger partial charge in [0, 0.05) is 10.4 Å². The van der Waals surface area contributed by atoms with Crippen LogP contribution in [-0.2, 0) is 39.0 Å². The van der Waals surface area contributed by atoms with Crippen molar-refractivity contribution in [2.45, 2.75) is 0 Å². The standard InChI is InChI=1S/Fe.H2O4S.O2S/c;1-5(2,3)4;1-3-2/h;(H2,1,2,3,4);/q+2;;/p-2. The fourth-order valence-corrected chi connectivity index (χ4v) is 0. The Kier molecular flexibility index (Phi) is 14.7. The van der Waals surface area contributed by atoms with E-state index in [1.807, 2.05) is 0 Å². The number of rotatable bonds is 0. The summed E-state index contributed by atoms with van der Waals surface area (Å²) in [6.07, 6.45) is 0. The molecule has 0 fully saturated rings. The molecule has 0 bridgehead atoms. The van der Waals surface area contributed by atoms with Gasteiger partial charge >= 0.3 is 28.6 Å². The molecule has 0 aliphatic heterocycles. The van der Waals surface area contributed by atoms with E-state index < -0.39 is 22.0 Å². The summed E-state index contributed by atoms with van der Waals surface area (Å²) < 4.78 is 50.7. The Morgan fingerprint density at radius 3 is 1.11 bits per heavy atom. The first kappa shape index (κ1) is 16.1. The molecule has 56 valence electrons. The minimum atomic E-state index is -5.17. The van der Waals surface area contributed by atoms with Gasteiger partial charge in [-0.3, -0.25) is 8.42 Å². The zero-order valence-electron chi connectivity index (χ0n) is 3.62. The molecule has 0 heterocycles. The SMILES string of the molecule is O=S(=O)([O-])[O-].O=S=O.[Fe+2]. The third kappa shape index (κ3) is 7210. The summed E-state index contributed by atoms with van der Waals surface area (Å²) in [5, 5.41) is 0. The van der Waals surface area contributed by atoms with Gasteiger partial charge in [-0.25, -0.2) is 0 Å². The first-order chi connectivity index (χ1) is 3.41. The quantitative estimate of drug-likeness (QED) is 0.262. The van der Waals surface area contributed by atoms with Gasteiger partial charge in [0.05, 0.1) is 0 Å². The smallest absolute Gasteiger partial charge is 0.759 e. The van der Waals surface area contributed by atoms with Gasteiger partial charge in [0.1, 0.15) is 0 Å². The van der Waals surface area contributed by atoms with Crippen molar-refractivity contribution in [3.8, 4) is 0 Å². The van der Waals surface area contributed by atoms with E-state index in [9.17, 15) is 0 Å². The van der Waals surface area contributed by atoms with Gasteiger partial charge in [-0.1, -0.05) is 0 Å². The molecule has 0 saturated carbocycles. The van der Waals surface area contributed by atoms with Crippen molar-refractivity contribution < 1.29 is 43.0 Å². The predicted molar refractivity (Wildman–Crippen MR) is 19.4 cm³/mol. The van der Waals surface area contributed by atoms with Crippen LogP contribution in [0.5, 0.6) is 0 Å². The summed E-state index contributed by atoms with van der Waals surface area (Å²) in [6.45, 7) is 0. The summed E-state index contributed by atoms with van der Waals surface area (Å²) in [7, 11) is -5.17. The van der Waals surface area contributed by atoms with Crippen molar-refractivity contribution in [2.75, 3.05) is 0 Å². The maximum atomic E-state index is 8.52. The molecule has 0 aromatic rings. The van der Waals surface area contributed by atoms with E-state index in [1.165, 1.54) is 0 Å². The molecule has 0 atom stereocenters. The van der Waals surface area contributed by atoms with Crippen LogP contribution in [0.1, 0.15) is 0 Å². The zero-order valence-corrected chi connectivity index (χ0v) is 6.36. The normalized spacial score (nSPS) is 7.78. The van der Waals surface area contributed by atoms with E-state index in [4.69, 9.17) is 25.9 Å². The second-order valence-electron chi connectivity index (χ2n) is 0.476. The third-order valence-electron chi connectivity index (χ3n) is 0. The molecule has 9 heavy (non-hydrogen) atoms. The minimum Gasteiger partial charge on any atom is -0.759 e. The second kappa shape index (κ2) is 8.21. The van der Waals surface area contributed by atoms with Crippen LogP contribution < -0.4 is 0 Å². The Morgan fingerprint density at radius 2 is 1.11 bits per heavy atom. The first-order valence-corrected chi connectivity index (χ1v) is 3.00. The molecule has 9 heteroatoms. The fraction of sp³-hybridized carbons (Fsp3) is 0. The van der Waals surface area contributed by atoms with Crippen molar-refractivity contribution in [3.63, 3.8) is 0 Å². The summed E-state index contributed by atoms with van der Waals surface area (Å²) in [5.41, 5.74) is 0. The van der Waals surface area contributed by atoms with Gasteiger partial charge < -0.3 is 9.11 Å². The molecule has 0 aromatic carbocycles. The molecule has 6 nitrogen and oxygen atoms in total. The molecular formula is FeO6S2. The van der Waals surface area contributed by atoms with E-state index in [0.29, 0.717) is 0 Å². The molecule has 0 amide bonds. The van der Waals surface area contributed by atoms with Crippen LogP contribution in [0.25, 0.3) is 0 Å². The Hall–Kier alpha value is 0.209. The van der Waals surface area contributed by atoms with Crippen molar-refractivity contribution in [2.24, 2.45) is 0 Å². The van der Waals surface area contributed by atoms with E-state index in [2.05, 4.69) is 0 Å². The van der Waals surface area contributed by atoms with E-state index >= 15 is 0 Å². The van der Waals surface area contributed by atoms with Crippen molar-refractivity contribution >= 4 is 22.0 Å². The Bertz CT molecular complexity index is 151. The van der Waals surface area contributed by atoms with E-state index in [1.54, 1.807) is 0 Å².